The van der Waals surface area contributed by atoms with Gasteiger partial charge < -0.3 is 0 Å². The van der Waals surface area contributed by atoms with E-state index in [-0.39, 0.29) is 5.56 Å². The highest BCUT2D eigenvalue weighted by Gasteiger charge is 2.09. The maximum Gasteiger partial charge on any atom is 0.269 e. The summed E-state index contributed by atoms with van der Waals surface area (Å²) >= 11 is 0. The summed E-state index contributed by atoms with van der Waals surface area (Å²) in [5.74, 6) is 0.500. The highest BCUT2D eigenvalue weighted by atomic mass is 16.1. The summed E-state index contributed by atoms with van der Waals surface area (Å²) in [5, 5.41) is 3.10. The number of aromatic amines is 1. The predicted molar refractivity (Wildman–Crippen MR) is 54.0 cm³/mol. The zero-order valence-electron chi connectivity index (χ0n) is 8.85. The van der Waals surface area contributed by atoms with Gasteiger partial charge in [0.05, 0.1) is 0 Å². The lowest BCUT2D eigenvalue weighted by atomic mass is 10.2. The first-order valence-corrected chi connectivity index (χ1v) is 4.84. The van der Waals surface area contributed by atoms with Gasteiger partial charge in [0.2, 0.25) is 0 Å². The van der Waals surface area contributed by atoms with Gasteiger partial charge in [0.25, 0.3) is 5.56 Å². The lowest BCUT2D eigenvalue weighted by Gasteiger charge is -2.03. The van der Waals surface area contributed by atoms with Gasteiger partial charge in [-0.3, -0.25) is 14.6 Å². The highest BCUT2D eigenvalue weighted by Crippen LogP contribution is 2.02. The molecule has 0 aliphatic carbocycles. The second-order valence-corrected chi connectivity index (χ2v) is 3.88. The van der Waals surface area contributed by atoms with Crippen LogP contribution in [-0.2, 0) is 13.0 Å². The fraction of sp³-hybridized carbons (Fsp3) is 0.700. The van der Waals surface area contributed by atoms with Crippen LogP contribution >= 0.6 is 0 Å². The summed E-state index contributed by atoms with van der Waals surface area (Å²) in [4.78, 5) is 11.7. The van der Waals surface area contributed by atoms with Gasteiger partial charge in [-0.15, -0.1) is 0 Å². The van der Waals surface area contributed by atoms with Crippen LogP contribution in [0, 0.1) is 12.8 Å². The molecular weight excluding hydrogens is 164 g/mol. The molecule has 0 unspecified atom stereocenters. The number of nitrogens with zero attached hydrogens (tertiary/aromatic N) is 1. The second kappa shape index (κ2) is 3.81. The van der Waals surface area contributed by atoms with Gasteiger partial charge in [0.15, 0.2) is 0 Å². The van der Waals surface area contributed by atoms with Gasteiger partial charge in [-0.1, -0.05) is 20.8 Å². The molecule has 0 atom stereocenters. The molecule has 1 aromatic rings. The molecule has 0 aromatic carbocycles. The third kappa shape index (κ3) is 2.02. The Morgan fingerprint density at radius 2 is 2.08 bits per heavy atom. The number of rotatable bonds is 3. The Kier molecular flexibility index (Phi) is 2.96. The third-order valence-corrected chi connectivity index (χ3v) is 2.16. The van der Waals surface area contributed by atoms with Gasteiger partial charge in [0, 0.05) is 17.8 Å². The fourth-order valence-corrected chi connectivity index (χ4v) is 1.55. The minimum Gasteiger partial charge on any atom is -0.300 e. The normalized spacial score (nSPS) is 11.2. The first kappa shape index (κ1) is 10.1. The molecule has 0 bridgehead atoms. The third-order valence-electron chi connectivity index (χ3n) is 2.16. The van der Waals surface area contributed by atoms with Gasteiger partial charge >= 0.3 is 0 Å². The Morgan fingerprint density at radius 1 is 1.46 bits per heavy atom. The summed E-state index contributed by atoms with van der Waals surface area (Å²) in [6.07, 6.45) is 0.812. The molecule has 0 fully saturated rings. The highest BCUT2D eigenvalue weighted by molar-refractivity contribution is 5.15. The molecule has 0 radical (unpaired) electrons. The molecule has 0 aliphatic rings. The van der Waals surface area contributed by atoms with E-state index in [4.69, 9.17) is 0 Å². The summed E-state index contributed by atoms with van der Waals surface area (Å²) in [7, 11) is 0. The van der Waals surface area contributed by atoms with Crippen LogP contribution in [0.2, 0.25) is 0 Å². The zero-order chi connectivity index (χ0) is 10.0. The Balaban J connectivity index is 3.04. The van der Waals surface area contributed by atoms with E-state index in [1.807, 2.05) is 13.8 Å². The first-order chi connectivity index (χ1) is 6.06. The van der Waals surface area contributed by atoms with E-state index >= 15 is 0 Å². The van der Waals surface area contributed by atoms with E-state index in [1.165, 1.54) is 0 Å². The molecule has 0 aliphatic heterocycles. The van der Waals surface area contributed by atoms with E-state index in [0.29, 0.717) is 5.92 Å². The zero-order valence-corrected chi connectivity index (χ0v) is 8.85. The van der Waals surface area contributed by atoms with E-state index in [1.54, 1.807) is 4.68 Å². The molecule has 1 heterocycles. The lowest BCUT2D eigenvalue weighted by Crippen LogP contribution is -2.21. The topological polar surface area (TPSA) is 37.8 Å². The lowest BCUT2D eigenvalue weighted by molar-refractivity contribution is 0.471. The number of H-pyrrole nitrogens is 1. The van der Waals surface area contributed by atoms with Crippen LogP contribution in [0.1, 0.15) is 32.0 Å². The molecule has 74 valence electrons. The maximum atomic E-state index is 11.7. The second-order valence-electron chi connectivity index (χ2n) is 3.88. The van der Waals surface area contributed by atoms with Crippen LogP contribution in [0.25, 0.3) is 0 Å². The number of hydrogen-bond acceptors (Lipinski definition) is 1. The average molecular weight is 182 g/mol. The van der Waals surface area contributed by atoms with Crippen molar-refractivity contribution in [2.45, 2.75) is 40.7 Å². The quantitative estimate of drug-likeness (QED) is 0.759. The Bertz CT molecular complexity index is 333. The molecule has 0 saturated heterocycles. The summed E-state index contributed by atoms with van der Waals surface area (Å²) in [5.41, 5.74) is 2.07. The van der Waals surface area contributed by atoms with Crippen molar-refractivity contribution in [2.24, 2.45) is 5.92 Å². The predicted octanol–water partition coefficient (Wildman–Crippen LogP) is 1.70. The molecule has 1 aromatic heterocycles. The van der Waals surface area contributed by atoms with Crippen molar-refractivity contribution in [2.75, 3.05) is 0 Å². The van der Waals surface area contributed by atoms with Crippen LogP contribution in [-0.4, -0.2) is 9.78 Å². The van der Waals surface area contributed by atoms with Crippen LogP contribution in [0.15, 0.2) is 4.79 Å². The van der Waals surface area contributed by atoms with Crippen molar-refractivity contribution in [1.82, 2.24) is 9.78 Å². The molecule has 0 saturated carbocycles. The smallest absolute Gasteiger partial charge is 0.269 e. The summed E-state index contributed by atoms with van der Waals surface area (Å²) in [6, 6.07) is 0. The van der Waals surface area contributed by atoms with Crippen molar-refractivity contribution in [3.8, 4) is 0 Å². The van der Waals surface area contributed by atoms with E-state index in [9.17, 15) is 4.79 Å². The van der Waals surface area contributed by atoms with Crippen LogP contribution in [0.5, 0.6) is 0 Å². The van der Waals surface area contributed by atoms with Crippen molar-refractivity contribution in [3.63, 3.8) is 0 Å². The van der Waals surface area contributed by atoms with E-state index in [0.717, 1.165) is 24.2 Å². The van der Waals surface area contributed by atoms with Crippen molar-refractivity contribution in [1.29, 1.82) is 0 Å². The summed E-state index contributed by atoms with van der Waals surface area (Å²) < 4.78 is 1.71. The van der Waals surface area contributed by atoms with Gasteiger partial charge in [0.1, 0.15) is 0 Å². The van der Waals surface area contributed by atoms with Crippen molar-refractivity contribution in [3.05, 3.63) is 21.6 Å². The minimum absolute atomic E-state index is 0.147. The van der Waals surface area contributed by atoms with Gasteiger partial charge in [-0.25, -0.2) is 0 Å². The standard InChI is InChI=1S/C10H18N2O/c1-5-9-8(4)11-12(10(9)13)6-7(2)3/h7,11H,5-6H2,1-4H3. The average Bonchev–Trinajstić information content (AvgIpc) is 2.26. The molecule has 1 N–H and O–H groups in total. The van der Waals surface area contributed by atoms with Crippen LogP contribution < -0.4 is 5.56 Å². The molecule has 3 nitrogen and oxygen atoms in total. The van der Waals surface area contributed by atoms with Crippen molar-refractivity contribution >= 4 is 0 Å². The molecule has 0 amide bonds. The number of aryl methyl sites for hydroxylation is 1. The molecule has 3 heteroatoms. The molecule has 0 spiro atoms. The van der Waals surface area contributed by atoms with E-state index in [2.05, 4.69) is 18.9 Å². The van der Waals surface area contributed by atoms with Crippen LogP contribution in [0.3, 0.4) is 0 Å². The minimum atomic E-state index is 0.147. The largest absolute Gasteiger partial charge is 0.300 e. The first-order valence-electron chi connectivity index (χ1n) is 4.84. The monoisotopic (exact) mass is 182 g/mol. The summed E-state index contributed by atoms with van der Waals surface area (Å²) in [6.45, 7) is 8.95. The van der Waals surface area contributed by atoms with E-state index < -0.39 is 0 Å². The van der Waals surface area contributed by atoms with Gasteiger partial charge in [-0.05, 0) is 19.3 Å². The maximum absolute atomic E-state index is 11.7. The molecule has 13 heavy (non-hydrogen) atoms. The number of aromatic nitrogens is 2. The number of hydrogen-bond donors (Lipinski definition) is 1. The number of nitrogens with one attached hydrogen (secondary N) is 1. The van der Waals surface area contributed by atoms with Crippen LogP contribution in [0.4, 0.5) is 0 Å². The molecular formula is C10H18N2O. The Labute approximate surface area is 78.8 Å². The SMILES string of the molecule is CCc1c(C)[nH]n(CC(C)C)c1=O. The van der Waals surface area contributed by atoms with Crippen molar-refractivity contribution < 1.29 is 0 Å². The Hall–Kier alpha value is -0.990. The molecule has 1 rings (SSSR count). The fourth-order valence-electron chi connectivity index (χ4n) is 1.55. The van der Waals surface area contributed by atoms with Gasteiger partial charge in [-0.2, -0.15) is 0 Å². The Morgan fingerprint density at radius 3 is 2.46 bits per heavy atom.